The van der Waals surface area contributed by atoms with Gasteiger partial charge >= 0.3 is 0 Å². The highest BCUT2D eigenvalue weighted by Gasteiger charge is 2.44. The minimum absolute atomic E-state index is 0.0368. The maximum Gasteiger partial charge on any atom is 0.270 e. The first kappa shape index (κ1) is 22.7. The normalized spacial score (nSPS) is 21.2. The smallest absolute Gasteiger partial charge is 0.270 e. The van der Waals surface area contributed by atoms with Crippen LogP contribution in [0, 0.1) is 5.82 Å². The lowest BCUT2D eigenvalue weighted by atomic mass is 9.83. The molecule has 1 aliphatic heterocycles. The molecule has 1 amide bonds. The van der Waals surface area contributed by atoms with E-state index in [-0.39, 0.29) is 11.7 Å². The van der Waals surface area contributed by atoms with Gasteiger partial charge in [-0.15, -0.1) is 0 Å². The molecule has 1 saturated heterocycles. The zero-order valence-electron chi connectivity index (χ0n) is 19.1. The van der Waals surface area contributed by atoms with E-state index in [1.165, 1.54) is 17.7 Å². The summed E-state index contributed by atoms with van der Waals surface area (Å²) in [5.74, 6) is 0.190. The zero-order valence-corrected chi connectivity index (χ0v) is 19.1. The van der Waals surface area contributed by atoms with Gasteiger partial charge in [-0.3, -0.25) is 9.69 Å². The summed E-state index contributed by atoms with van der Waals surface area (Å²) in [6.07, 6.45) is 4.34. The molecule has 2 aromatic rings. The quantitative estimate of drug-likeness (QED) is 0.726. The van der Waals surface area contributed by atoms with E-state index in [4.69, 9.17) is 4.74 Å². The Bertz CT molecular complexity index is 894. The fourth-order valence-electron chi connectivity index (χ4n) is 4.87. The first-order chi connectivity index (χ1) is 15.4. The van der Waals surface area contributed by atoms with Crippen molar-refractivity contribution in [3.05, 3.63) is 59.9 Å². The monoisotopic (exact) mass is 439 g/mol. The Morgan fingerprint density at radius 3 is 2.47 bits per heavy atom. The molecule has 0 radical (unpaired) electrons. The van der Waals surface area contributed by atoms with Crippen molar-refractivity contribution in [3.8, 4) is 5.75 Å². The van der Waals surface area contributed by atoms with E-state index >= 15 is 0 Å². The topological polar surface area (TPSA) is 44.8 Å². The van der Waals surface area contributed by atoms with Crippen LogP contribution in [0.5, 0.6) is 5.75 Å². The molecule has 1 atom stereocenters. The number of hydrogen-bond acceptors (Lipinski definition) is 4. The fraction of sp³-hybridized carbons (Fsp3) is 0.500. The molecule has 172 valence electrons. The lowest BCUT2D eigenvalue weighted by molar-refractivity contribution is -0.136. The number of benzene rings is 2. The summed E-state index contributed by atoms with van der Waals surface area (Å²) >= 11 is 0. The molecule has 32 heavy (non-hydrogen) atoms. The fourth-order valence-corrected chi connectivity index (χ4v) is 4.87. The number of amides is 1. The molecule has 6 heteroatoms. The maximum absolute atomic E-state index is 13.6. The molecule has 1 saturated carbocycles. The van der Waals surface area contributed by atoms with Crippen LogP contribution in [-0.4, -0.2) is 49.1 Å². The van der Waals surface area contributed by atoms with Crippen molar-refractivity contribution < 1.29 is 13.9 Å². The average Bonchev–Trinajstić information content (AvgIpc) is 2.81. The molecule has 4 rings (SSSR count). The van der Waals surface area contributed by atoms with Crippen LogP contribution in [0.4, 0.5) is 10.1 Å². The molecule has 0 aromatic heterocycles. The highest BCUT2D eigenvalue weighted by Crippen LogP contribution is 2.35. The molecule has 2 aliphatic rings. The molecule has 2 fully saturated rings. The molecule has 1 aliphatic carbocycles. The van der Waals surface area contributed by atoms with Gasteiger partial charge in [-0.2, -0.15) is 0 Å². The number of halogens is 1. The van der Waals surface area contributed by atoms with Crippen molar-refractivity contribution in [2.75, 3.05) is 31.6 Å². The van der Waals surface area contributed by atoms with Gasteiger partial charge < -0.3 is 15.0 Å². The van der Waals surface area contributed by atoms with E-state index in [1.54, 1.807) is 17.0 Å². The number of ether oxygens (including phenoxy) is 1. The second kappa shape index (κ2) is 10.0. The van der Waals surface area contributed by atoms with Gasteiger partial charge in [-0.1, -0.05) is 18.6 Å². The third-order valence-corrected chi connectivity index (χ3v) is 6.67. The van der Waals surface area contributed by atoms with E-state index in [9.17, 15) is 9.18 Å². The Kier molecular flexibility index (Phi) is 7.11. The maximum atomic E-state index is 13.6. The summed E-state index contributed by atoms with van der Waals surface area (Å²) in [4.78, 5) is 17.8. The molecule has 0 unspecified atom stereocenters. The van der Waals surface area contributed by atoms with Crippen LogP contribution in [0.2, 0.25) is 0 Å². The van der Waals surface area contributed by atoms with E-state index in [1.807, 2.05) is 19.2 Å². The lowest BCUT2D eigenvalue weighted by Gasteiger charge is -2.39. The van der Waals surface area contributed by atoms with E-state index in [0.29, 0.717) is 24.6 Å². The lowest BCUT2D eigenvalue weighted by Crippen LogP contribution is -2.53. The minimum atomic E-state index is -0.902. The molecule has 1 heterocycles. The van der Waals surface area contributed by atoms with Gasteiger partial charge in [0, 0.05) is 45.0 Å². The number of carbonyl (C=O) groups is 1. The minimum Gasteiger partial charge on any atom is -0.477 e. The van der Waals surface area contributed by atoms with Crippen molar-refractivity contribution in [2.45, 2.75) is 57.2 Å². The Morgan fingerprint density at radius 2 is 1.81 bits per heavy atom. The van der Waals surface area contributed by atoms with Crippen molar-refractivity contribution >= 4 is 11.6 Å². The van der Waals surface area contributed by atoms with E-state index < -0.39 is 5.60 Å². The molecule has 0 bridgehead atoms. The molecular formula is C26H34FN3O2. The van der Waals surface area contributed by atoms with Gasteiger partial charge in [0.1, 0.15) is 11.6 Å². The second-order valence-corrected chi connectivity index (χ2v) is 9.23. The van der Waals surface area contributed by atoms with Crippen molar-refractivity contribution in [2.24, 2.45) is 0 Å². The molecule has 0 spiro atoms. The van der Waals surface area contributed by atoms with Crippen LogP contribution in [0.15, 0.2) is 48.5 Å². The number of likely N-dealkylation sites (N-methyl/N-ethyl adjacent to an activating group) is 1. The third-order valence-electron chi connectivity index (χ3n) is 6.67. The predicted molar refractivity (Wildman–Crippen MR) is 125 cm³/mol. The number of nitrogens with zero attached hydrogens (tertiary/aromatic N) is 2. The Balaban J connectivity index is 1.46. The van der Waals surface area contributed by atoms with Crippen LogP contribution in [-0.2, 0) is 11.3 Å². The summed E-state index contributed by atoms with van der Waals surface area (Å²) in [5.41, 5.74) is 1.21. The number of nitrogens with one attached hydrogen (secondary N) is 1. The summed E-state index contributed by atoms with van der Waals surface area (Å²) in [6.45, 7) is 6.25. The predicted octanol–water partition coefficient (Wildman–Crippen LogP) is 4.36. The molecular weight excluding hydrogens is 405 g/mol. The van der Waals surface area contributed by atoms with Crippen molar-refractivity contribution in [1.29, 1.82) is 0 Å². The van der Waals surface area contributed by atoms with E-state index in [2.05, 4.69) is 29.3 Å². The first-order valence-corrected chi connectivity index (χ1v) is 11.7. The summed E-state index contributed by atoms with van der Waals surface area (Å²) in [7, 11) is 1.82. The standard InChI is InChI=1S/C26H34FN3O2/c1-20-18-30(17-16-28-20)19-21-6-10-23(11-7-21)29(2)25(31)26(14-4-3-5-15-26)32-24-12-8-22(27)9-13-24/h6-13,20,28H,3-5,14-19H2,1-2H3/t20-/m0/s1. The molecule has 5 nitrogen and oxygen atoms in total. The highest BCUT2D eigenvalue weighted by molar-refractivity contribution is 5.99. The van der Waals surface area contributed by atoms with Gasteiger partial charge in [-0.05, 0) is 74.6 Å². The summed E-state index contributed by atoms with van der Waals surface area (Å²) < 4.78 is 19.6. The number of hydrogen-bond donors (Lipinski definition) is 1. The van der Waals surface area contributed by atoms with Crippen LogP contribution in [0.1, 0.15) is 44.6 Å². The average molecular weight is 440 g/mol. The summed E-state index contributed by atoms with van der Waals surface area (Å²) in [5, 5.41) is 3.47. The van der Waals surface area contributed by atoms with Gasteiger partial charge in [-0.25, -0.2) is 4.39 Å². The number of anilines is 1. The van der Waals surface area contributed by atoms with Crippen molar-refractivity contribution in [3.63, 3.8) is 0 Å². The zero-order chi connectivity index (χ0) is 22.6. The van der Waals surface area contributed by atoms with Crippen LogP contribution >= 0.6 is 0 Å². The Labute approximate surface area is 190 Å². The van der Waals surface area contributed by atoms with Gasteiger partial charge in [0.15, 0.2) is 5.60 Å². The van der Waals surface area contributed by atoms with E-state index in [0.717, 1.165) is 51.1 Å². The number of piperazine rings is 1. The number of rotatable bonds is 6. The summed E-state index contributed by atoms with van der Waals surface area (Å²) in [6, 6.07) is 14.7. The Hall–Kier alpha value is -2.44. The first-order valence-electron chi connectivity index (χ1n) is 11.7. The van der Waals surface area contributed by atoms with Crippen molar-refractivity contribution in [1.82, 2.24) is 10.2 Å². The van der Waals surface area contributed by atoms with Gasteiger partial charge in [0.2, 0.25) is 0 Å². The van der Waals surface area contributed by atoms with Gasteiger partial charge in [0.25, 0.3) is 5.91 Å². The Morgan fingerprint density at radius 1 is 1.12 bits per heavy atom. The number of carbonyl (C=O) groups excluding carboxylic acids is 1. The largest absolute Gasteiger partial charge is 0.477 e. The third kappa shape index (κ3) is 5.30. The second-order valence-electron chi connectivity index (χ2n) is 9.23. The highest BCUT2D eigenvalue weighted by atomic mass is 19.1. The van der Waals surface area contributed by atoms with Crippen LogP contribution in [0.3, 0.4) is 0 Å². The molecule has 2 aromatic carbocycles. The van der Waals surface area contributed by atoms with Gasteiger partial charge in [0.05, 0.1) is 0 Å². The van der Waals surface area contributed by atoms with Crippen LogP contribution < -0.4 is 15.0 Å². The molecule has 1 N–H and O–H groups in total. The SMILES string of the molecule is C[C@H]1CN(Cc2ccc(N(C)C(=O)C3(Oc4ccc(F)cc4)CCCCC3)cc2)CCN1. The van der Waals surface area contributed by atoms with Crippen LogP contribution in [0.25, 0.3) is 0 Å².